The quantitative estimate of drug-likeness (QED) is 0.911. The van der Waals surface area contributed by atoms with E-state index in [2.05, 4.69) is 5.32 Å². The van der Waals surface area contributed by atoms with Crippen molar-refractivity contribution in [3.8, 4) is 0 Å². The van der Waals surface area contributed by atoms with Crippen LogP contribution in [0.5, 0.6) is 0 Å². The number of nitrogens with one attached hydrogen (secondary N) is 1. The predicted molar refractivity (Wildman–Crippen MR) is 95.4 cm³/mol. The summed E-state index contributed by atoms with van der Waals surface area (Å²) in [5.41, 5.74) is 1.02. The fourth-order valence-corrected chi connectivity index (χ4v) is 3.07. The van der Waals surface area contributed by atoms with E-state index in [1.54, 1.807) is 30.0 Å². The van der Waals surface area contributed by atoms with Crippen LogP contribution in [-0.2, 0) is 4.79 Å². The molecule has 26 heavy (non-hydrogen) atoms. The number of aryl methyl sites for hydroxylation is 1. The van der Waals surface area contributed by atoms with E-state index < -0.39 is 5.82 Å². The first-order valence-corrected chi connectivity index (χ1v) is 8.59. The first kappa shape index (κ1) is 18.1. The molecule has 0 saturated carbocycles. The molecule has 0 radical (unpaired) electrons. The standard InChI is InChI=1S/C19H22FN3O3/c1-13(18(24)21-16-5-3-4-15(20)12-16)22-7-9-23(10-8-22)19(25)17-6-11-26-14(17)2/h3-6,11-13H,7-10H2,1-2H3,(H,21,24)/t13-/m1/s1. The van der Waals surface area contributed by atoms with Gasteiger partial charge >= 0.3 is 0 Å². The van der Waals surface area contributed by atoms with Crippen molar-refractivity contribution in [3.05, 3.63) is 53.7 Å². The van der Waals surface area contributed by atoms with Gasteiger partial charge in [0, 0.05) is 31.9 Å². The Balaban J connectivity index is 1.54. The molecule has 1 aromatic carbocycles. The van der Waals surface area contributed by atoms with Crippen LogP contribution in [0, 0.1) is 12.7 Å². The van der Waals surface area contributed by atoms with Crippen LogP contribution < -0.4 is 5.32 Å². The maximum atomic E-state index is 13.2. The largest absolute Gasteiger partial charge is 0.469 e. The monoisotopic (exact) mass is 359 g/mol. The van der Waals surface area contributed by atoms with E-state index >= 15 is 0 Å². The van der Waals surface area contributed by atoms with Crippen LogP contribution >= 0.6 is 0 Å². The number of halogens is 1. The molecule has 2 aromatic rings. The van der Waals surface area contributed by atoms with Gasteiger partial charge in [0.25, 0.3) is 5.91 Å². The third-order valence-corrected chi connectivity index (χ3v) is 4.71. The zero-order chi connectivity index (χ0) is 18.7. The number of amides is 2. The van der Waals surface area contributed by atoms with E-state index in [1.165, 1.54) is 18.4 Å². The minimum absolute atomic E-state index is 0.0484. The van der Waals surface area contributed by atoms with Crippen LogP contribution in [0.4, 0.5) is 10.1 Å². The van der Waals surface area contributed by atoms with E-state index in [-0.39, 0.29) is 17.9 Å². The number of benzene rings is 1. The molecule has 0 spiro atoms. The van der Waals surface area contributed by atoms with E-state index in [1.807, 2.05) is 11.8 Å². The Hall–Kier alpha value is -2.67. The molecule has 3 rings (SSSR count). The fourth-order valence-electron chi connectivity index (χ4n) is 3.07. The zero-order valence-corrected chi connectivity index (χ0v) is 14.9. The van der Waals surface area contributed by atoms with Crippen molar-refractivity contribution in [2.75, 3.05) is 31.5 Å². The molecule has 1 fully saturated rings. The molecule has 1 aliphatic heterocycles. The molecular formula is C19H22FN3O3. The van der Waals surface area contributed by atoms with Crippen molar-refractivity contribution in [1.82, 2.24) is 9.80 Å². The molecule has 2 amide bonds. The second-order valence-electron chi connectivity index (χ2n) is 6.39. The number of rotatable bonds is 4. The van der Waals surface area contributed by atoms with Crippen molar-refractivity contribution in [2.24, 2.45) is 0 Å². The Morgan fingerprint density at radius 2 is 1.92 bits per heavy atom. The summed E-state index contributed by atoms with van der Waals surface area (Å²) < 4.78 is 18.4. The minimum atomic E-state index is -0.392. The number of hydrogen-bond acceptors (Lipinski definition) is 4. The average molecular weight is 359 g/mol. The van der Waals surface area contributed by atoms with Crippen molar-refractivity contribution >= 4 is 17.5 Å². The third-order valence-electron chi connectivity index (χ3n) is 4.71. The molecule has 0 bridgehead atoms. The maximum absolute atomic E-state index is 13.2. The summed E-state index contributed by atoms with van der Waals surface area (Å²) in [6.45, 7) is 5.86. The van der Waals surface area contributed by atoms with E-state index in [0.717, 1.165) is 0 Å². The Morgan fingerprint density at radius 1 is 1.19 bits per heavy atom. The summed E-state index contributed by atoms with van der Waals surface area (Å²) in [5, 5.41) is 2.73. The summed E-state index contributed by atoms with van der Waals surface area (Å²) in [6.07, 6.45) is 1.51. The summed E-state index contributed by atoms with van der Waals surface area (Å²) in [5.74, 6) is -0.0220. The lowest BCUT2D eigenvalue weighted by Crippen LogP contribution is -2.54. The van der Waals surface area contributed by atoms with Crippen LogP contribution in [0.2, 0.25) is 0 Å². The Morgan fingerprint density at radius 3 is 2.54 bits per heavy atom. The van der Waals surface area contributed by atoms with Crippen LogP contribution in [0.1, 0.15) is 23.0 Å². The number of carbonyl (C=O) groups excluding carboxylic acids is 2. The van der Waals surface area contributed by atoms with Gasteiger partial charge in [0.15, 0.2) is 0 Å². The van der Waals surface area contributed by atoms with E-state index in [9.17, 15) is 14.0 Å². The summed E-state index contributed by atoms with van der Waals surface area (Å²) in [4.78, 5) is 28.7. The number of piperazine rings is 1. The van der Waals surface area contributed by atoms with E-state index in [4.69, 9.17) is 4.42 Å². The predicted octanol–water partition coefficient (Wildman–Crippen LogP) is 2.51. The highest BCUT2D eigenvalue weighted by Gasteiger charge is 2.28. The van der Waals surface area contributed by atoms with E-state index in [0.29, 0.717) is 43.2 Å². The highest BCUT2D eigenvalue weighted by molar-refractivity contribution is 5.95. The molecule has 7 heteroatoms. The van der Waals surface area contributed by atoms with Crippen molar-refractivity contribution in [3.63, 3.8) is 0 Å². The highest BCUT2D eigenvalue weighted by atomic mass is 19.1. The SMILES string of the molecule is Cc1occc1C(=O)N1CCN([C@H](C)C(=O)Nc2cccc(F)c2)CC1. The van der Waals surface area contributed by atoms with Crippen molar-refractivity contribution in [2.45, 2.75) is 19.9 Å². The topological polar surface area (TPSA) is 65.8 Å². The molecule has 1 aliphatic rings. The number of nitrogens with zero attached hydrogens (tertiary/aromatic N) is 2. The Bertz CT molecular complexity index is 797. The first-order chi connectivity index (χ1) is 12.5. The zero-order valence-electron chi connectivity index (χ0n) is 14.9. The van der Waals surface area contributed by atoms with Crippen LogP contribution in [-0.4, -0.2) is 53.8 Å². The third kappa shape index (κ3) is 3.94. The van der Waals surface area contributed by atoms with Crippen LogP contribution in [0.15, 0.2) is 41.0 Å². The van der Waals surface area contributed by atoms with Crippen LogP contribution in [0.3, 0.4) is 0 Å². The fraction of sp³-hybridized carbons (Fsp3) is 0.368. The second-order valence-corrected chi connectivity index (χ2v) is 6.39. The number of hydrogen-bond donors (Lipinski definition) is 1. The van der Waals surface area contributed by atoms with Gasteiger partial charge in [0.2, 0.25) is 5.91 Å². The normalized spacial score (nSPS) is 16.3. The van der Waals surface area contributed by atoms with Crippen molar-refractivity contribution in [1.29, 1.82) is 0 Å². The summed E-state index contributed by atoms with van der Waals surface area (Å²) in [7, 11) is 0. The molecule has 1 aromatic heterocycles. The number of carbonyl (C=O) groups is 2. The lowest BCUT2D eigenvalue weighted by atomic mass is 10.1. The average Bonchev–Trinajstić information content (AvgIpc) is 3.06. The lowest BCUT2D eigenvalue weighted by molar-refractivity contribution is -0.121. The van der Waals surface area contributed by atoms with Gasteiger partial charge in [-0.25, -0.2) is 4.39 Å². The summed E-state index contributed by atoms with van der Waals surface area (Å²) >= 11 is 0. The lowest BCUT2D eigenvalue weighted by Gasteiger charge is -2.37. The number of furan rings is 1. The number of anilines is 1. The van der Waals surface area contributed by atoms with Gasteiger partial charge in [-0.05, 0) is 38.1 Å². The molecule has 2 heterocycles. The highest BCUT2D eigenvalue weighted by Crippen LogP contribution is 2.16. The van der Waals surface area contributed by atoms with Gasteiger partial charge < -0.3 is 14.6 Å². The molecular weight excluding hydrogens is 337 g/mol. The molecule has 138 valence electrons. The second kappa shape index (κ2) is 7.70. The molecule has 0 unspecified atom stereocenters. The maximum Gasteiger partial charge on any atom is 0.257 e. The van der Waals surface area contributed by atoms with Gasteiger partial charge in [-0.3, -0.25) is 14.5 Å². The van der Waals surface area contributed by atoms with Gasteiger partial charge in [0.1, 0.15) is 11.6 Å². The molecule has 0 aliphatic carbocycles. The molecule has 1 N–H and O–H groups in total. The Labute approximate surface area is 151 Å². The summed E-state index contributed by atoms with van der Waals surface area (Å²) in [6, 6.07) is 7.13. The smallest absolute Gasteiger partial charge is 0.257 e. The minimum Gasteiger partial charge on any atom is -0.469 e. The van der Waals surface area contributed by atoms with Gasteiger partial charge in [-0.15, -0.1) is 0 Å². The van der Waals surface area contributed by atoms with Gasteiger partial charge in [-0.2, -0.15) is 0 Å². The van der Waals surface area contributed by atoms with Gasteiger partial charge in [-0.1, -0.05) is 6.07 Å². The van der Waals surface area contributed by atoms with Gasteiger partial charge in [0.05, 0.1) is 17.9 Å². The molecule has 1 atom stereocenters. The molecule has 6 nitrogen and oxygen atoms in total. The molecule has 1 saturated heterocycles. The first-order valence-electron chi connectivity index (χ1n) is 8.59. The Kier molecular flexibility index (Phi) is 5.37. The van der Waals surface area contributed by atoms with Crippen molar-refractivity contribution < 1.29 is 18.4 Å². The van der Waals surface area contributed by atoms with Crippen LogP contribution in [0.25, 0.3) is 0 Å².